The number of ether oxygens (including phenoxy) is 1. The SMILES string of the molecule is C[C@@H](O)[C@H]1C(=O)N2C(C(=O)O)=C(COc3c(I)cc(Cl)c4cccnc34)S[C@H]12. The zero-order valence-electron chi connectivity index (χ0n) is 14.4. The molecule has 10 heteroatoms. The highest BCUT2D eigenvalue weighted by Crippen LogP contribution is 2.50. The van der Waals surface area contributed by atoms with E-state index in [1.165, 1.54) is 23.6 Å². The summed E-state index contributed by atoms with van der Waals surface area (Å²) in [6, 6.07) is 5.36. The molecule has 1 aromatic carbocycles. The van der Waals surface area contributed by atoms with Gasteiger partial charge in [0, 0.05) is 11.6 Å². The van der Waals surface area contributed by atoms with E-state index in [2.05, 4.69) is 27.6 Å². The van der Waals surface area contributed by atoms with E-state index < -0.39 is 23.4 Å². The van der Waals surface area contributed by atoms with Crippen LogP contribution in [0.2, 0.25) is 5.02 Å². The summed E-state index contributed by atoms with van der Waals surface area (Å²) in [5.41, 5.74) is 0.499. The number of aliphatic hydroxyl groups is 1. The molecule has 0 unspecified atom stereocenters. The van der Waals surface area contributed by atoms with Gasteiger partial charge < -0.3 is 14.9 Å². The van der Waals surface area contributed by atoms with Crippen molar-refractivity contribution in [3.63, 3.8) is 0 Å². The highest BCUT2D eigenvalue weighted by atomic mass is 127. The highest BCUT2D eigenvalue weighted by Gasteiger charge is 2.57. The number of aliphatic carboxylic acids is 1. The zero-order valence-corrected chi connectivity index (χ0v) is 18.2. The molecular weight excluding hydrogens is 519 g/mol. The second-order valence-electron chi connectivity index (χ2n) is 6.42. The molecule has 0 radical (unpaired) electrons. The number of aliphatic hydroxyl groups excluding tert-OH is 1. The van der Waals surface area contributed by atoms with E-state index in [0.717, 1.165) is 8.96 Å². The maximum Gasteiger partial charge on any atom is 0.353 e. The van der Waals surface area contributed by atoms with Crippen molar-refractivity contribution in [2.45, 2.75) is 18.4 Å². The van der Waals surface area contributed by atoms with Crippen molar-refractivity contribution in [2.24, 2.45) is 5.92 Å². The Hall–Kier alpha value is -1.56. The van der Waals surface area contributed by atoms with Gasteiger partial charge in [-0.2, -0.15) is 0 Å². The minimum atomic E-state index is -1.19. The number of β-lactam (4-membered cyclic amide) rings is 1. The molecule has 1 fully saturated rings. The van der Waals surface area contributed by atoms with Crippen LogP contribution in [0.3, 0.4) is 0 Å². The fourth-order valence-electron chi connectivity index (χ4n) is 3.38. The topological polar surface area (TPSA) is 100.0 Å². The molecule has 0 saturated carbocycles. The molecule has 2 aromatic rings. The van der Waals surface area contributed by atoms with Crippen LogP contribution >= 0.6 is 46.0 Å². The molecule has 2 aliphatic rings. The third-order valence-corrected chi connectivity index (χ3v) is 7.13. The summed E-state index contributed by atoms with van der Waals surface area (Å²) in [4.78, 5) is 30.0. The third kappa shape index (κ3) is 3.04. The molecule has 28 heavy (non-hydrogen) atoms. The fourth-order valence-corrected chi connectivity index (χ4v) is 6.07. The predicted molar refractivity (Wildman–Crippen MR) is 113 cm³/mol. The molecule has 7 nitrogen and oxygen atoms in total. The number of fused-ring (bicyclic) bond motifs is 2. The van der Waals surface area contributed by atoms with Crippen molar-refractivity contribution in [3.05, 3.63) is 43.6 Å². The highest BCUT2D eigenvalue weighted by molar-refractivity contribution is 14.1. The normalized spacial score (nSPS) is 22.3. The van der Waals surface area contributed by atoms with Gasteiger partial charge in [-0.05, 0) is 47.7 Å². The molecule has 146 valence electrons. The Bertz CT molecular complexity index is 1040. The standard InChI is InChI=1S/C18H14ClIN2O5S/c1-7(23)12-16(24)22-14(18(25)26)11(28-17(12)22)6-27-15-10(20)5-9(19)8-3-2-4-21-13(8)15/h2-5,7,12,17,23H,6H2,1H3,(H,25,26)/t7-,12+,17-/m1/s1. The molecule has 3 heterocycles. The Kier molecular flexibility index (Phi) is 5.19. The number of amides is 1. The number of halogens is 2. The Labute approximate surface area is 182 Å². The van der Waals surface area contributed by atoms with Gasteiger partial charge in [-0.1, -0.05) is 23.4 Å². The van der Waals surface area contributed by atoms with E-state index in [9.17, 15) is 19.8 Å². The van der Waals surface area contributed by atoms with Gasteiger partial charge in [-0.15, -0.1) is 0 Å². The number of carboxylic acids is 1. The molecule has 1 amide bonds. The quantitative estimate of drug-likeness (QED) is 0.451. The second-order valence-corrected chi connectivity index (χ2v) is 9.20. The zero-order chi connectivity index (χ0) is 20.2. The van der Waals surface area contributed by atoms with Crippen molar-refractivity contribution >= 4 is 68.7 Å². The molecule has 1 saturated heterocycles. The van der Waals surface area contributed by atoms with Crippen LogP contribution in [0.25, 0.3) is 10.9 Å². The summed E-state index contributed by atoms with van der Waals surface area (Å²) in [6.45, 7) is 1.51. The van der Waals surface area contributed by atoms with Crippen LogP contribution in [0, 0.1) is 9.49 Å². The van der Waals surface area contributed by atoms with Crippen molar-refractivity contribution in [2.75, 3.05) is 6.61 Å². The first-order chi connectivity index (χ1) is 13.3. The Morgan fingerprint density at radius 2 is 2.29 bits per heavy atom. The van der Waals surface area contributed by atoms with Gasteiger partial charge in [0.1, 0.15) is 23.2 Å². The average Bonchev–Trinajstić information content (AvgIpc) is 2.95. The first kappa shape index (κ1) is 19.7. The van der Waals surface area contributed by atoms with Gasteiger partial charge in [-0.3, -0.25) is 14.7 Å². The smallest absolute Gasteiger partial charge is 0.353 e. The summed E-state index contributed by atoms with van der Waals surface area (Å²) in [7, 11) is 0. The van der Waals surface area contributed by atoms with Crippen LogP contribution < -0.4 is 4.74 Å². The van der Waals surface area contributed by atoms with E-state index in [-0.39, 0.29) is 18.2 Å². The lowest BCUT2D eigenvalue weighted by Crippen LogP contribution is -2.60. The van der Waals surface area contributed by atoms with Crippen molar-refractivity contribution in [1.82, 2.24) is 9.88 Å². The van der Waals surface area contributed by atoms with Crippen molar-refractivity contribution in [3.8, 4) is 5.75 Å². The van der Waals surface area contributed by atoms with Gasteiger partial charge in [0.05, 0.1) is 25.5 Å². The lowest BCUT2D eigenvalue weighted by atomic mass is 9.92. The molecule has 1 aromatic heterocycles. The Morgan fingerprint density at radius 3 is 2.96 bits per heavy atom. The van der Waals surface area contributed by atoms with Crippen LogP contribution in [0.5, 0.6) is 5.75 Å². The summed E-state index contributed by atoms with van der Waals surface area (Å²) in [5.74, 6) is -1.69. The summed E-state index contributed by atoms with van der Waals surface area (Å²) in [6.07, 6.45) is 0.785. The lowest BCUT2D eigenvalue weighted by Gasteiger charge is -2.43. The van der Waals surface area contributed by atoms with Gasteiger partial charge in [0.25, 0.3) is 0 Å². The minimum absolute atomic E-state index is 0.0254. The van der Waals surface area contributed by atoms with Gasteiger partial charge in [0.2, 0.25) is 5.91 Å². The maximum absolute atomic E-state index is 12.3. The maximum atomic E-state index is 12.3. The van der Waals surface area contributed by atoms with Crippen LogP contribution in [-0.4, -0.2) is 50.1 Å². The number of rotatable bonds is 5. The van der Waals surface area contributed by atoms with E-state index in [1.54, 1.807) is 18.3 Å². The molecule has 4 rings (SSSR count). The molecule has 0 spiro atoms. The first-order valence-corrected chi connectivity index (χ1v) is 10.6. The molecular formula is C18H14ClIN2O5S. The van der Waals surface area contributed by atoms with Crippen LogP contribution in [0.4, 0.5) is 0 Å². The number of hydrogen-bond donors (Lipinski definition) is 2. The minimum Gasteiger partial charge on any atom is -0.485 e. The summed E-state index contributed by atoms with van der Waals surface area (Å²) < 4.78 is 6.70. The van der Waals surface area contributed by atoms with Gasteiger partial charge in [-0.25, -0.2) is 4.79 Å². The predicted octanol–water partition coefficient (Wildman–Crippen LogP) is 3.08. The molecule has 2 aliphatic heterocycles. The average molecular weight is 533 g/mol. The molecule has 0 aliphatic carbocycles. The van der Waals surface area contributed by atoms with E-state index >= 15 is 0 Å². The number of carbonyl (C=O) groups excluding carboxylic acids is 1. The number of thioether (sulfide) groups is 1. The van der Waals surface area contributed by atoms with E-state index in [0.29, 0.717) is 21.2 Å². The van der Waals surface area contributed by atoms with E-state index in [1.807, 2.05) is 6.07 Å². The van der Waals surface area contributed by atoms with Crippen LogP contribution in [-0.2, 0) is 9.59 Å². The fraction of sp³-hybridized carbons (Fsp3) is 0.278. The third-order valence-electron chi connectivity index (χ3n) is 4.67. The number of benzene rings is 1. The summed E-state index contributed by atoms with van der Waals surface area (Å²) >= 11 is 9.60. The van der Waals surface area contributed by atoms with Crippen molar-refractivity contribution < 1.29 is 24.5 Å². The monoisotopic (exact) mass is 532 g/mol. The number of nitrogens with zero attached hydrogens (tertiary/aromatic N) is 2. The number of pyridine rings is 1. The number of carbonyl (C=O) groups is 2. The van der Waals surface area contributed by atoms with E-state index in [4.69, 9.17) is 16.3 Å². The van der Waals surface area contributed by atoms with Gasteiger partial charge >= 0.3 is 5.97 Å². The van der Waals surface area contributed by atoms with Crippen LogP contribution in [0.1, 0.15) is 6.92 Å². The Morgan fingerprint density at radius 1 is 1.54 bits per heavy atom. The van der Waals surface area contributed by atoms with Crippen LogP contribution in [0.15, 0.2) is 35.0 Å². The first-order valence-electron chi connectivity index (χ1n) is 8.31. The number of carboxylic acid groups (broad SMARTS) is 1. The number of aromatic nitrogens is 1. The largest absolute Gasteiger partial charge is 0.485 e. The van der Waals surface area contributed by atoms with Gasteiger partial charge in [0.15, 0.2) is 5.75 Å². The second kappa shape index (κ2) is 7.36. The molecule has 2 N–H and O–H groups in total. The molecule has 0 bridgehead atoms. The Balaban J connectivity index is 1.65. The van der Waals surface area contributed by atoms with Crippen molar-refractivity contribution in [1.29, 1.82) is 0 Å². The molecule has 3 atom stereocenters. The summed E-state index contributed by atoms with van der Waals surface area (Å²) in [5, 5.41) is 20.3. The lowest BCUT2D eigenvalue weighted by molar-refractivity contribution is -0.156. The number of hydrogen-bond acceptors (Lipinski definition) is 6.